The fourth-order valence-corrected chi connectivity index (χ4v) is 5.31. The van der Waals surface area contributed by atoms with Gasteiger partial charge in [0.15, 0.2) is 0 Å². The number of benzene rings is 1. The first-order chi connectivity index (χ1) is 14.4. The summed E-state index contributed by atoms with van der Waals surface area (Å²) in [5.41, 5.74) is 1.11. The van der Waals surface area contributed by atoms with E-state index in [-0.39, 0.29) is 16.9 Å². The van der Waals surface area contributed by atoms with Gasteiger partial charge < -0.3 is 10.2 Å². The Labute approximate surface area is 189 Å². The van der Waals surface area contributed by atoms with E-state index >= 15 is 0 Å². The Morgan fingerprint density at radius 3 is 2.42 bits per heavy atom. The third-order valence-electron chi connectivity index (χ3n) is 5.03. The summed E-state index contributed by atoms with van der Waals surface area (Å²) < 4.78 is 0. The Balaban J connectivity index is 1.74. The molecule has 3 aromatic rings. The van der Waals surface area contributed by atoms with Gasteiger partial charge in [-0.2, -0.15) is 0 Å². The summed E-state index contributed by atoms with van der Waals surface area (Å²) in [6, 6.07) is 12.5. The van der Waals surface area contributed by atoms with E-state index in [0.717, 1.165) is 28.3 Å². The number of hydrogen-bond donors (Lipinski definition) is 1. The Kier molecular flexibility index (Phi) is 6.70. The molecule has 3 rings (SSSR count). The van der Waals surface area contributed by atoms with Crippen molar-refractivity contribution in [3.63, 3.8) is 0 Å². The number of anilines is 1. The lowest BCUT2D eigenvalue weighted by Crippen LogP contribution is -2.46. The number of nitrogens with zero attached hydrogens (tertiary/aromatic N) is 3. The molecule has 5 nitrogen and oxygen atoms in total. The summed E-state index contributed by atoms with van der Waals surface area (Å²) in [5, 5.41) is 4.23. The maximum absolute atomic E-state index is 12.6. The van der Waals surface area contributed by atoms with E-state index in [9.17, 15) is 4.79 Å². The van der Waals surface area contributed by atoms with Gasteiger partial charge in [-0.05, 0) is 44.2 Å². The number of rotatable bonds is 7. The van der Waals surface area contributed by atoms with Crippen molar-refractivity contribution in [3.8, 4) is 10.4 Å². The zero-order valence-electron chi connectivity index (χ0n) is 19.7. The van der Waals surface area contributed by atoms with E-state index < -0.39 is 0 Å². The van der Waals surface area contributed by atoms with Crippen LogP contribution in [-0.4, -0.2) is 35.0 Å². The zero-order valence-corrected chi connectivity index (χ0v) is 20.6. The van der Waals surface area contributed by atoms with Gasteiger partial charge >= 0.3 is 0 Å². The lowest BCUT2D eigenvalue weighted by Gasteiger charge is -2.33. The third kappa shape index (κ3) is 6.26. The van der Waals surface area contributed by atoms with Crippen LogP contribution in [0.3, 0.4) is 0 Å². The molecule has 2 aromatic heterocycles. The molecule has 0 spiro atoms. The summed E-state index contributed by atoms with van der Waals surface area (Å²) in [4.78, 5) is 26.2. The van der Waals surface area contributed by atoms with Crippen molar-refractivity contribution >= 4 is 33.3 Å². The third-order valence-corrected chi connectivity index (χ3v) is 6.11. The van der Waals surface area contributed by atoms with Crippen LogP contribution in [0.15, 0.2) is 36.4 Å². The highest BCUT2D eigenvalue weighted by Gasteiger charge is 2.27. The van der Waals surface area contributed by atoms with Gasteiger partial charge in [-0.15, -0.1) is 11.3 Å². The fourth-order valence-electron chi connectivity index (χ4n) is 4.23. The summed E-state index contributed by atoms with van der Waals surface area (Å²) in [7, 11) is 1.99. The number of carbonyl (C=O) groups is 1. The van der Waals surface area contributed by atoms with Crippen LogP contribution in [0.5, 0.6) is 0 Å². The highest BCUT2D eigenvalue weighted by atomic mass is 32.1. The molecule has 0 bridgehead atoms. The quantitative estimate of drug-likeness (QED) is 0.505. The molecule has 0 aliphatic rings. The molecule has 0 saturated carbocycles. The van der Waals surface area contributed by atoms with Crippen molar-refractivity contribution in [2.24, 2.45) is 5.41 Å². The first-order valence-corrected chi connectivity index (χ1v) is 11.6. The number of hydrogen-bond acceptors (Lipinski definition) is 5. The van der Waals surface area contributed by atoms with E-state index in [2.05, 4.69) is 68.0 Å². The van der Waals surface area contributed by atoms with Gasteiger partial charge in [0.1, 0.15) is 16.5 Å². The predicted molar refractivity (Wildman–Crippen MR) is 132 cm³/mol. The minimum absolute atomic E-state index is 0.0680. The smallest absolute Gasteiger partial charge is 0.222 e. The maximum Gasteiger partial charge on any atom is 0.222 e. The molecular formula is C25H34N4OS. The highest BCUT2D eigenvalue weighted by Crippen LogP contribution is 2.36. The molecule has 0 unspecified atom stereocenters. The second-order valence-corrected chi connectivity index (χ2v) is 11.2. The molecule has 31 heavy (non-hydrogen) atoms. The van der Waals surface area contributed by atoms with Crippen molar-refractivity contribution in [2.75, 3.05) is 18.5 Å². The number of nitrogens with one attached hydrogen (secondary N) is 1. The molecule has 0 radical (unpaired) electrons. The van der Waals surface area contributed by atoms with E-state index in [4.69, 9.17) is 4.98 Å². The molecule has 0 aliphatic carbocycles. The van der Waals surface area contributed by atoms with Crippen LogP contribution >= 0.6 is 11.3 Å². The molecule has 6 heteroatoms. The Hall–Kier alpha value is -2.47. The highest BCUT2D eigenvalue weighted by molar-refractivity contribution is 7.21. The van der Waals surface area contributed by atoms with Gasteiger partial charge in [-0.25, -0.2) is 9.97 Å². The Morgan fingerprint density at radius 2 is 1.77 bits per heavy atom. The van der Waals surface area contributed by atoms with E-state index in [0.29, 0.717) is 13.0 Å². The van der Waals surface area contributed by atoms with Gasteiger partial charge in [0.2, 0.25) is 5.91 Å². The summed E-state index contributed by atoms with van der Waals surface area (Å²) >= 11 is 1.68. The molecule has 1 amide bonds. The van der Waals surface area contributed by atoms with Gasteiger partial charge in [0.25, 0.3) is 0 Å². The Morgan fingerprint density at radius 1 is 1.10 bits per heavy atom. The van der Waals surface area contributed by atoms with Crippen molar-refractivity contribution in [1.82, 2.24) is 15.3 Å². The molecular weight excluding hydrogens is 404 g/mol. The number of carbonyl (C=O) groups excluding carboxylic acids is 1. The minimum Gasteiger partial charge on any atom is -0.359 e. The first kappa shape index (κ1) is 23.2. The van der Waals surface area contributed by atoms with Gasteiger partial charge in [0.05, 0.1) is 5.39 Å². The van der Waals surface area contributed by atoms with Gasteiger partial charge in [0, 0.05) is 30.4 Å². The summed E-state index contributed by atoms with van der Waals surface area (Å²) in [5.74, 6) is 1.69. The standard InChI is InChI=1S/C25H34N4OS/c1-17-26-22(19-15-20(31-23(19)27-17)18-11-9-8-10-12-18)29(7)14-13-21(30)28-25(5,6)16-24(2,3)4/h8-12,15H,13-14,16H2,1-7H3,(H,28,30). The second-order valence-electron chi connectivity index (χ2n) is 10.1. The van der Waals surface area contributed by atoms with Crippen LogP contribution in [-0.2, 0) is 4.79 Å². The number of fused-ring (bicyclic) bond motifs is 1. The van der Waals surface area contributed by atoms with Crippen molar-refractivity contribution in [3.05, 3.63) is 42.2 Å². The number of thiophene rings is 1. The molecule has 1 aromatic carbocycles. The average molecular weight is 439 g/mol. The van der Waals surface area contributed by atoms with Crippen LogP contribution in [0.2, 0.25) is 0 Å². The fraction of sp³-hybridized carbons (Fsp3) is 0.480. The Bertz CT molecular complexity index is 1050. The molecule has 0 aliphatic heterocycles. The molecule has 2 heterocycles. The molecule has 1 N–H and O–H groups in total. The van der Waals surface area contributed by atoms with Crippen LogP contribution in [0.25, 0.3) is 20.7 Å². The van der Waals surface area contributed by atoms with Crippen LogP contribution in [0.1, 0.15) is 53.3 Å². The maximum atomic E-state index is 12.6. The first-order valence-electron chi connectivity index (χ1n) is 10.8. The average Bonchev–Trinajstić information content (AvgIpc) is 3.07. The molecule has 0 saturated heterocycles. The monoisotopic (exact) mass is 438 g/mol. The second kappa shape index (κ2) is 8.95. The van der Waals surface area contributed by atoms with Crippen LogP contribution < -0.4 is 10.2 Å². The van der Waals surface area contributed by atoms with Crippen LogP contribution in [0, 0.1) is 12.3 Å². The minimum atomic E-state index is -0.232. The number of aromatic nitrogens is 2. The van der Waals surface area contributed by atoms with E-state index in [1.54, 1.807) is 11.3 Å². The predicted octanol–water partition coefficient (Wildman–Crippen LogP) is 5.82. The SMILES string of the molecule is Cc1nc(N(C)CCC(=O)NC(C)(C)CC(C)(C)C)c2cc(-c3ccccc3)sc2n1. The van der Waals surface area contributed by atoms with E-state index in [1.807, 2.05) is 32.2 Å². The largest absolute Gasteiger partial charge is 0.359 e. The van der Waals surface area contributed by atoms with Gasteiger partial charge in [-0.3, -0.25) is 4.79 Å². The number of aryl methyl sites for hydroxylation is 1. The number of amides is 1. The summed E-state index contributed by atoms with van der Waals surface area (Å²) in [6.07, 6.45) is 1.34. The lowest BCUT2D eigenvalue weighted by atomic mass is 9.82. The summed E-state index contributed by atoms with van der Waals surface area (Å²) in [6.45, 7) is 13.3. The van der Waals surface area contributed by atoms with E-state index in [1.165, 1.54) is 10.4 Å². The normalized spacial score (nSPS) is 12.2. The van der Waals surface area contributed by atoms with Crippen LogP contribution in [0.4, 0.5) is 5.82 Å². The van der Waals surface area contributed by atoms with Crippen molar-refractivity contribution in [1.29, 1.82) is 0 Å². The molecule has 166 valence electrons. The molecule has 0 fully saturated rings. The van der Waals surface area contributed by atoms with Crippen molar-refractivity contribution in [2.45, 2.75) is 59.9 Å². The topological polar surface area (TPSA) is 58.1 Å². The van der Waals surface area contributed by atoms with Gasteiger partial charge in [-0.1, -0.05) is 51.1 Å². The zero-order chi connectivity index (χ0) is 22.8. The van der Waals surface area contributed by atoms with Crippen molar-refractivity contribution < 1.29 is 4.79 Å². The lowest BCUT2D eigenvalue weighted by molar-refractivity contribution is -0.122. The molecule has 0 atom stereocenters.